The molecule has 108 valence electrons. The fourth-order valence-corrected chi connectivity index (χ4v) is 2.50. The van der Waals surface area contributed by atoms with Gasteiger partial charge in [-0.1, -0.05) is 36.2 Å². The van der Waals surface area contributed by atoms with Gasteiger partial charge >= 0.3 is 0 Å². The molecular weight excluding hydrogens is 302 g/mol. The summed E-state index contributed by atoms with van der Waals surface area (Å²) < 4.78 is 6.90. The predicted octanol–water partition coefficient (Wildman–Crippen LogP) is 4.91. The van der Waals surface area contributed by atoms with Gasteiger partial charge < -0.3 is 10.1 Å². The summed E-state index contributed by atoms with van der Waals surface area (Å²) in [5, 5.41) is 3.62. The van der Waals surface area contributed by atoms with Gasteiger partial charge in [-0.15, -0.1) is 0 Å². The van der Waals surface area contributed by atoms with Crippen LogP contribution in [0.15, 0.2) is 22.7 Å². The van der Waals surface area contributed by atoms with Gasteiger partial charge in [0.25, 0.3) is 0 Å². The minimum absolute atomic E-state index is 0.166. The monoisotopic (exact) mass is 327 g/mol. The molecule has 0 saturated heterocycles. The molecular formula is C16H26BrNO. The Morgan fingerprint density at radius 2 is 1.95 bits per heavy atom. The van der Waals surface area contributed by atoms with Crippen LogP contribution in [0, 0.1) is 0 Å². The summed E-state index contributed by atoms with van der Waals surface area (Å²) >= 11 is 3.53. The molecule has 2 nitrogen and oxygen atoms in total. The first kappa shape index (κ1) is 16.5. The highest BCUT2D eigenvalue weighted by Gasteiger charge is 2.16. The van der Waals surface area contributed by atoms with E-state index in [0.29, 0.717) is 0 Å². The van der Waals surface area contributed by atoms with Gasteiger partial charge in [0.15, 0.2) is 0 Å². The van der Waals surface area contributed by atoms with Crippen LogP contribution in [0.3, 0.4) is 0 Å². The van der Waals surface area contributed by atoms with Crippen LogP contribution >= 0.6 is 15.9 Å². The van der Waals surface area contributed by atoms with E-state index in [1.807, 2.05) is 12.1 Å². The highest BCUT2D eigenvalue weighted by atomic mass is 79.9. The molecule has 0 aliphatic heterocycles. The molecule has 0 spiro atoms. The molecule has 0 atom stereocenters. The Morgan fingerprint density at radius 3 is 2.58 bits per heavy atom. The molecule has 0 aliphatic carbocycles. The van der Waals surface area contributed by atoms with Crippen LogP contribution < -0.4 is 10.1 Å². The van der Waals surface area contributed by atoms with Crippen molar-refractivity contribution < 1.29 is 4.74 Å². The van der Waals surface area contributed by atoms with Gasteiger partial charge in [-0.05, 0) is 44.9 Å². The fourth-order valence-electron chi connectivity index (χ4n) is 2.09. The fraction of sp³-hybridized carbons (Fsp3) is 0.625. The number of nitrogens with one attached hydrogen (secondary N) is 1. The van der Waals surface area contributed by atoms with Gasteiger partial charge in [0.2, 0.25) is 0 Å². The number of rotatable bonds is 8. The second kappa shape index (κ2) is 7.91. The van der Waals surface area contributed by atoms with Crippen LogP contribution in [0.2, 0.25) is 0 Å². The van der Waals surface area contributed by atoms with Gasteiger partial charge in [-0.25, -0.2) is 0 Å². The summed E-state index contributed by atoms with van der Waals surface area (Å²) in [5.74, 6) is 0.991. The molecule has 19 heavy (non-hydrogen) atoms. The maximum absolute atomic E-state index is 5.81. The van der Waals surface area contributed by atoms with Crippen molar-refractivity contribution in [1.82, 2.24) is 5.32 Å². The van der Waals surface area contributed by atoms with Crippen molar-refractivity contribution in [2.24, 2.45) is 0 Å². The molecule has 3 heteroatoms. The molecule has 1 aromatic carbocycles. The molecule has 0 unspecified atom stereocenters. The lowest BCUT2D eigenvalue weighted by molar-refractivity contribution is 0.307. The maximum atomic E-state index is 5.81. The first-order chi connectivity index (χ1) is 8.98. The van der Waals surface area contributed by atoms with Crippen molar-refractivity contribution in [3.63, 3.8) is 0 Å². The van der Waals surface area contributed by atoms with Crippen LogP contribution in [0.5, 0.6) is 5.75 Å². The maximum Gasteiger partial charge on any atom is 0.123 e. The molecule has 0 aliphatic rings. The summed E-state index contributed by atoms with van der Waals surface area (Å²) in [7, 11) is 0. The van der Waals surface area contributed by atoms with E-state index in [-0.39, 0.29) is 5.54 Å². The third-order valence-corrected chi connectivity index (χ3v) is 3.61. The summed E-state index contributed by atoms with van der Waals surface area (Å²) in [6.07, 6.45) is 3.40. The molecule has 0 bridgehead atoms. The third-order valence-electron chi connectivity index (χ3n) is 3.12. The molecule has 0 radical (unpaired) electrons. The number of halogens is 1. The molecule has 0 amide bonds. The van der Waals surface area contributed by atoms with Gasteiger partial charge in [0.1, 0.15) is 5.75 Å². The van der Waals surface area contributed by atoms with E-state index in [1.165, 1.54) is 18.4 Å². The van der Waals surface area contributed by atoms with Crippen molar-refractivity contribution in [3.05, 3.63) is 28.2 Å². The van der Waals surface area contributed by atoms with Crippen LogP contribution in [0.25, 0.3) is 0 Å². The zero-order chi connectivity index (χ0) is 14.3. The van der Waals surface area contributed by atoms with Crippen molar-refractivity contribution >= 4 is 15.9 Å². The van der Waals surface area contributed by atoms with Gasteiger partial charge in [-0.3, -0.25) is 0 Å². The first-order valence-corrected chi connectivity index (χ1v) is 7.94. The minimum atomic E-state index is 0.166. The van der Waals surface area contributed by atoms with E-state index < -0.39 is 0 Å². The normalized spacial score (nSPS) is 11.6. The zero-order valence-electron chi connectivity index (χ0n) is 12.6. The van der Waals surface area contributed by atoms with E-state index >= 15 is 0 Å². The molecule has 0 heterocycles. The highest BCUT2D eigenvalue weighted by Crippen LogP contribution is 2.24. The molecule has 1 N–H and O–H groups in total. The molecule has 0 fully saturated rings. The topological polar surface area (TPSA) is 21.3 Å². The SMILES string of the molecule is CCCOc1ccc(Br)cc1CNC(C)(C)CCC. The smallest absolute Gasteiger partial charge is 0.123 e. The summed E-state index contributed by atoms with van der Waals surface area (Å²) in [4.78, 5) is 0. The Balaban J connectivity index is 2.72. The lowest BCUT2D eigenvalue weighted by Crippen LogP contribution is -2.38. The second-order valence-electron chi connectivity index (χ2n) is 5.59. The second-order valence-corrected chi connectivity index (χ2v) is 6.50. The molecule has 0 aromatic heterocycles. The van der Waals surface area contributed by atoms with Gasteiger partial charge in [0.05, 0.1) is 6.61 Å². The van der Waals surface area contributed by atoms with Crippen LogP contribution in [0.4, 0.5) is 0 Å². The summed E-state index contributed by atoms with van der Waals surface area (Å²) in [6.45, 7) is 10.5. The Labute approximate surface area is 126 Å². The number of benzene rings is 1. The first-order valence-electron chi connectivity index (χ1n) is 7.14. The van der Waals surface area contributed by atoms with E-state index in [4.69, 9.17) is 4.74 Å². The Hall–Kier alpha value is -0.540. The lowest BCUT2D eigenvalue weighted by atomic mass is 9.98. The number of hydrogen-bond acceptors (Lipinski definition) is 2. The Bertz CT molecular complexity index is 390. The molecule has 0 saturated carbocycles. The van der Waals surface area contributed by atoms with Crippen molar-refractivity contribution in [1.29, 1.82) is 0 Å². The van der Waals surface area contributed by atoms with E-state index in [9.17, 15) is 0 Å². The van der Waals surface area contributed by atoms with Crippen LogP contribution in [-0.4, -0.2) is 12.1 Å². The van der Waals surface area contributed by atoms with E-state index in [0.717, 1.165) is 29.8 Å². The van der Waals surface area contributed by atoms with Gasteiger partial charge in [0, 0.05) is 22.1 Å². The minimum Gasteiger partial charge on any atom is -0.493 e. The summed E-state index contributed by atoms with van der Waals surface area (Å²) in [6, 6.07) is 6.22. The Morgan fingerprint density at radius 1 is 1.21 bits per heavy atom. The number of ether oxygens (including phenoxy) is 1. The summed E-state index contributed by atoms with van der Waals surface area (Å²) in [5.41, 5.74) is 1.38. The van der Waals surface area contributed by atoms with Crippen molar-refractivity contribution in [2.45, 2.75) is 59.0 Å². The predicted molar refractivity (Wildman–Crippen MR) is 85.8 cm³/mol. The lowest BCUT2D eigenvalue weighted by Gasteiger charge is -2.26. The van der Waals surface area contributed by atoms with E-state index in [1.54, 1.807) is 0 Å². The number of hydrogen-bond donors (Lipinski definition) is 1. The van der Waals surface area contributed by atoms with Crippen molar-refractivity contribution in [2.75, 3.05) is 6.61 Å². The third kappa shape index (κ3) is 5.96. The quantitative estimate of drug-likeness (QED) is 0.732. The molecule has 1 aromatic rings. The average molecular weight is 328 g/mol. The Kier molecular flexibility index (Phi) is 6.87. The molecule has 1 rings (SSSR count). The van der Waals surface area contributed by atoms with E-state index in [2.05, 4.69) is 55.0 Å². The highest BCUT2D eigenvalue weighted by molar-refractivity contribution is 9.10. The van der Waals surface area contributed by atoms with Crippen LogP contribution in [0.1, 0.15) is 52.5 Å². The van der Waals surface area contributed by atoms with Crippen molar-refractivity contribution in [3.8, 4) is 5.75 Å². The van der Waals surface area contributed by atoms with Crippen LogP contribution in [-0.2, 0) is 6.54 Å². The zero-order valence-corrected chi connectivity index (χ0v) is 14.1. The average Bonchev–Trinajstić information content (AvgIpc) is 2.35. The van der Waals surface area contributed by atoms with Gasteiger partial charge in [-0.2, -0.15) is 0 Å². The largest absolute Gasteiger partial charge is 0.493 e. The standard InChI is InChI=1S/C16H26BrNO/c1-5-9-16(3,4)18-12-13-11-14(17)7-8-15(13)19-10-6-2/h7-8,11,18H,5-6,9-10,12H2,1-4H3.